The minimum atomic E-state index is -5.87. The van der Waals surface area contributed by atoms with E-state index in [4.69, 9.17) is 0 Å². The molecule has 9 heteroatoms. The van der Waals surface area contributed by atoms with Crippen LogP contribution < -0.4 is 0 Å². The van der Waals surface area contributed by atoms with Crippen LogP contribution in [0.3, 0.4) is 0 Å². The molecule has 36 heavy (non-hydrogen) atoms. The molecule has 2 fully saturated rings. The molecule has 2 saturated carbocycles. The second kappa shape index (κ2) is 10.1. The van der Waals surface area contributed by atoms with Crippen molar-refractivity contribution in [2.45, 2.75) is 89.0 Å². The third kappa shape index (κ3) is 5.38. The van der Waals surface area contributed by atoms with Crippen LogP contribution in [0.5, 0.6) is 0 Å². The maximum absolute atomic E-state index is 12.9. The van der Waals surface area contributed by atoms with Crippen LogP contribution in [0.1, 0.15) is 58.8 Å². The molecule has 0 spiro atoms. The molecule has 0 aromatic carbocycles. The lowest BCUT2D eigenvalue weighted by atomic mass is 9.62. The lowest BCUT2D eigenvalue weighted by Gasteiger charge is -2.42. The van der Waals surface area contributed by atoms with Crippen molar-refractivity contribution in [2.75, 3.05) is 0 Å². The van der Waals surface area contributed by atoms with Gasteiger partial charge in [0.2, 0.25) is 0 Å². The first kappa shape index (κ1) is 28.7. The van der Waals surface area contributed by atoms with E-state index in [-0.39, 0.29) is 36.2 Å². The van der Waals surface area contributed by atoms with Crippen molar-refractivity contribution in [1.29, 1.82) is 0 Å². The van der Waals surface area contributed by atoms with Crippen molar-refractivity contribution in [2.24, 2.45) is 17.3 Å². The molecule has 202 valence electrons. The van der Waals surface area contributed by atoms with Gasteiger partial charge in [-0.2, -0.15) is 26.3 Å². The van der Waals surface area contributed by atoms with Gasteiger partial charge in [-0.1, -0.05) is 55.9 Å². The Kier molecular flexibility index (Phi) is 8.09. The molecule has 3 aliphatic carbocycles. The summed E-state index contributed by atoms with van der Waals surface area (Å²) >= 11 is 0. The monoisotopic (exact) mass is 520 g/mol. The van der Waals surface area contributed by atoms with Gasteiger partial charge in [0.05, 0.1) is 12.2 Å². The Hall–Kier alpha value is -1.84. The van der Waals surface area contributed by atoms with Crippen LogP contribution in [0.2, 0.25) is 0 Å². The van der Waals surface area contributed by atoms with Crippen molar-refractivity contribution in [3.63, 3.8) is 0 Å². The van der Waals surface area contributed by atoms with E-state index in [0.717, 1.165) is 42.9 Å². The van der Waals surface area contributed by atoms with Crippen molar-refractivity contribution >= 4 is 0 Å². The molecule has 3 N–H and O–H groups in total. The molecule has 1 unspecified atom stereocenters. The standard InChI is InChI=1S/C27H34F6O3/c1-16(6-4-13-25(36,26(28,29)30)27(31,32)33)21-10-11-22-18(7-5-12-24(21,22)3)8-9-19-14-20(34)15-23(35)17(19)2/h4,8-10,13,16,20,22-23,34-36H,2,5-7,11-12,14-15H2,1,3H3/b13-4-,18-8+,19-9-/t16-,20-,22?,23+,24-/m1/s1. The highest BCUT2D eigenvalue weighted by Gasteiger charge is 2.68. The van der Waals surface area contributed by atoms with Gasteiger partial charge in [0.15, 0.2) is 0 Å². The topological polar surface area (TPSA) is 60.7 Å². The Bertz CT molecular complexity index is 957. The van der Waals surface area contributed by atoms with Gasteiger partial charge in [-0.25, -0.2) is 0 Å². The Balaban J connectivity index is 1.76. The van der Waals surface area contributed by atoms with Gasteiger partial charge in [0.25, 0.3) is 5.60 Å². The van der Waals surface area contributed by atoms with Crippen molar-refractivity contribution in [3.05, 3.63) is 59.3 Å². The molecule has 0 bridgehead atoms. The molecule has 0 amide bonds. The van der Waals surface area contributed by atoms with Gasteiger partial charge in [-0.05, 0) is 73.0 Å². The first-order valence-electron chi connectivity index (χ1n) is 12.2. The second-order valence-corrected chi connectivity index (χ2v) is 10.6. The fourth-order valence-corrected chi connectivity index (χ4v) is 6.00. The molecule has 3 aliphatic rings. The van der Waals surface area contributed by atoms with E-state index >= 15 is 0 Å². The number of aliphatic hydroxyl groups excluding tert-OH is 2. The smallest absolute Gasteiger partial charge is 0.393 e. The third-order valence-electron chi connectivity index (χ3n) is 8.12. The van der Waals surface area contributed by atoms with E-state index in [9.17, 15) is 41.7 Å². The lowest BCUT2D eigenvalue weighted by Crippen LogP contribution is -2.55. The lowest BCUT2D eigenvalue weighted by molar-refractivity contribution is -0.347. The quantitative estimate of drug-likeness (QED) is 0.287. The SMILES string of the molecule is C=C1/C(=C\C=C2/CCC[C@]3(C)C([C@H](C)C/C=C\C(O)(C(F)(F)F)C(F)(F)F)=CCC23)C[C@@H](O)C[C@@H]1O. The first-order valence-corrected chi connectivity index (χ1v) is 12.2. The maximum Gasteiger partial charge on any atom is 0.429 e. The summed E-state index contributed by atoms with van der Waals surface area (Å²) in [5, 5.41) is 29.4. The summed E-state index contributed by atoms with van der Waals surface area (Å²) < 4.78 is 77.7. The molecule has 0 aromatic heterocycles. The zero-order valence-electron chi connectivity index (χ0n) is 20.5. The molecule has 0 heterocycles. The van der Waals surface area contributed by atoms with Gasteiger partial charge >= 0.3 is 12.4 Å². The third-order valence-corrected chi connectivity index (χ3v) is 8.12. The van der Waals surface area contributed by atoms with E-state index in [1.807, 2.05) is 18.2 Å². The van der Waals surface area contributed by atoms with Crippen LogP contribution in [0.15, 0.2) is 59.3 Å². The highest BCUT2D eigenvalue weighted by molar-refractivity contribution is 5.40. The van der Waals surface area contributed by atoms with Gasteiger partial charge < -0.3 is 15.3 Å². The molecule has 0 aliphatic heterocycles. The summed E-state index contributed by atoms with van der Waals surface area (Å²) in [6, 6.07) is 0. The fraction of sp³-hybridized carbons (Fsp3) is 0.630. The van der Waals surface area contributed by atoms with Crippen LogP contribution in [0.4, 0.5) is 26.3 Å². The predicted molar refractivity (Wildman–Crippen MR) is 125 cm³/mol. The average molecular weight is 521 g/mol. The van der Waals surface area contributed by atoms with Crippen molar-refractivity contribution in [3.8, 4) is 0 Å². The highest BCUT2D eigenvalue weighted by Crippen LogP contribution is 2.57. The van der Waals surface area contributed by atoms with Crippen LogP contribution in [0, 0.1) is 17.3 Å². The number of halogens is 6. The molecule has 3 nitrogen and oxygen atoms in total. The first-order chi connectivity index (χ1) is 16.5. The minimum absolute atomic E-state index is 0.0681. The van der Waals surface area contributed by atoms with Crippen LogP contribution in [-0.2, 0) is 0 Å². The number of fused-ring (bicyclic) bond motifs is 1. The number of aliphatic hydroxyl groups is 3. The zero-order chi connectivity index (χ0) is 27.1. The van der Waals surface area contributed by atoms with Crippen molar-refractivity contribution in [1.82, 2.24) is 0 Å². The van der Waals surface area contributed by atoms with Crippen LogP contribution in [0.25, 0.3) is 0 Å². The molecular formula is C27H34F6O3. The van der Waals surface area contributed by atoms with E-state index in [1.54, 1.807) is 6.92 Å². The molecular weight excluding hydrogens is 486 g/mol. The van der Waals surface area contributed by atoms with Crippen molar-refractivity contribution < 1.29 is 41.7 Å². The Labute approximate surface area is 207 Å². The highest BCUT2D eigenvalue weighted by atomic mass is 19.4. The van der Waals surface area contributed by atoms with Gasteiger partial charge in [0, 0.05) is 6.42 Å². The molecule has 0 saturated heterocycles. The molecule has 0 radical (unpaired) electrons. The summed E-state index contributed by atoms with van der Waals surface area (Å²) in [6.45, 7) is 7.80. The average Bonchev–Trinajstić information content (AvgIpc) is 3.11. The Morgan fingerprint density at radius 2 is 1.78 bits per heavy atom. The Morgan fingerprint density at radius 3 is 2.39 bits per heavy atom. The largest absolute Gasteiger partial charge is 0.429 e. The van der Waals surface area contributed by atoms with Crippen LogP contribution in [-0.4, -0.2) is 45.5 Å². The number of allylic oxidation sites excluding steroid dienone is 6. The van der Waals surface area contributed by atoms with Gasteiger partial charge in [0.1, 0.15) is 0 Å². The molecule has 3 rings (SSSR count). The maximum atomic E-state index is 12.9. The number of rotatable bonds is 5. The summed E-state index contributed by atoms with van der Waals surface area (Å²) in [4.78, 5) is 0. The van der Waals surface area contributed by atoms with E-state index in [1.165, 1.54) is 5.57 Å². The second-order valence-electron chi connectivity index (χ2n) is 10.6. The zero-order valence-corrected chi connectivity index (χ0v) is 20.5. The van der Waals surface area contributed by atoms with Gasteiger partial charge in [-0.3, -0.25) is 0 Å². The van der Waals surface area contributed by atoms with E-state index < -0.39 is 30.2 Å². The fourth-order valence-electron chi connectivity index (χ4n) is 6.00. The van der Waals surface area contributed by atoms with E-state index in [0.29, 0.717) is 12.0 Å². The molecule has 5 atom stereocenters. The summed E-state index contributed by atoms with van der Waals surface area (Å²) in [7, 11) is 0. The summed E-state index contributed by atoms with van der Waals surface area (Å²) in [5.74, 6) is -0.151. The summed E-state index contributed by atoms with van der Waals surface area (Å²) in [5.41, 5.74) is -1.56. The van der Waals surface area contributed by atoms with Gasteiger partial charge in [-0.15, -0.1) is 0 Å². The summed E-state index contributed by atoms with van der Waals surface area (Å²) in [6.07, 6.45) is -2.69. The predicted octanol–water partition coefficient (Wildman–Crippen LogP) is 6.49. The number of hydrogen-bond acceptors (Lipinski definition) is 3. The van der Waals surface area contributed by atoms with E-state index in [2.05, 4.69) is 13.5 Å². The normalized spacial score (nSPS) is 33.4. The van der Waals surface area contributed by atoms with Crippen LogP contribution >= 0.6 is 0 Å². The number of hydrogen-bond donors (Lipinski definition) is 3. The molecule has 0 aromatic rings. The number of alkyl halides is 6. The Morgan fingerprint density at radius 1 is 1.14 bits per heavy atom. The minimum Gasteiger partial charge on any atom is -0.393 e.